The topological polar surface area (TPSA) is 518 Å². The fourth-order valence-electron chi connectivity index (χ4n) is 9.61. The van der Waals surface area contributed by atoms with Crippen molar-refractivity contribution >= 4 is 77.0 Å². The lowest BCUT2D eigenvalue weighted by molar-refractivity contribution is -0.143. The highest BCUT2D eigenvalue weighted by Gasteiger charge is 2.40. The Morgan fingerprint density at radius 2 is 0.939 bits per heavy atom. The lowest BCUT2D eigenvalue weighted by Crippen LogP contribution is -2.65. The number of aliphatic hydroxyl groups excluding tert-OH is 3. The fraction of sp³-hybridized carbons (Fsp3) is 0.394. The van der Waals surface area contributed by atoms with Crippen LogP contribution in [-0.2, 0) is 81.6 Å². The van der Waals surface area contributed by atoms with E-state index in [-0.39, 0.29) is 19.3 Å². The molecular formula is C66H83N13O19. The largest absolute Gasteiger partial charge is 0.481 e. The molecule has 5 aromatic rings. The first kappa shape index (κ1) is 77.7. The van der Waals surface area contributed by atoms with Crippen LogP contribution in [0.25, 0.3) is 22.3 Å². The van der Waals surface area contributed by atoms with E-state index in [0.717, 1.165) is 49.9 Å². The molecule has 0 bridgehead atoms. The van der Waals surface area contributed by atoms with E-state index in [4.69, 9.17) is 5.73 Å². The van der Waals surface area contributed by atoms with Crippen molar-refractivity contribution in [2.24, 2.45) is 5.73 Å². The maximum Gasteiger partial charge on any atom is 0.326 e. The van der Waals surface area contributed by atoms with Crippen LogP contribution < -0.4 is 58.9 Å². The van der Waals surface area contributed by atoms with Crippen LogP contribution in [-0.4, -0.2) is 202 Å². The third-order valence-corrected chi connectivity index (χ3v) is 15.2. The van der Waals surface area contributed by atoms with Crippen molar-refractivity contribution in [1.82, 2.24) is 63.1 Å². The number of hydrogen-bond donors (Lipinski definition) is 18. The standard InChI is InChI=1S/C66H83N13O19/c1-35(81)53(77-64(98)66(5,6)79-61(94)54(36(2)82)76-50(83)32-69-56(89)45(25-26-51(84)85)75-63(97)65(3,4)78-55(88)44(67)29-43-31-68-34-70-43)60(93)74-49(33-80)59(92)72-47(30-52(86)87)58(91)71-46(27-37-17-21-41(22-18-37)39-13-9-7-10-14-39)57(90)73-48(62(95)96)28-38-19-23-42(24-20-38)40-15-11-8-12-16-40/h7-24,31,34-36,44-49,53-54,80-82H,25-30,32-33,67H2,1-6H3,(H,68,70)(H,69,89)(H,71,91)(H,72,92)(H,73,90)(H,74,93)(H,75,97)(H,76,83)(H,77,98)(H,78,88)(H,79,94)(H,84,85)(H,86,87)(H,95,96)/t35-,36-,44+,45+,46+,47+,48+,49+,53+,54+/m1/s1. The Balaban J connectivity index is 1.22. The molecule has 0 spiro atoms. The monoisotopic (exact) mass is 1360 g/mol. The zero-order chi connectivity index (χ0) is 72.6. The summed E-state index contributed by atoms with van der Waals surface area (Å²) < 4.78 is 0. The van der Waals surface area contributed by atoms with E-state index in [1.165, 1.54) is 26.4 Å². The number of nitrogens with zero attached hydrogens (tertiary/aromatic N) is 1. The molecule has 19 N–H and O–H groups in total. The predicted octanol–water partition coefficient (Wildman–Crippen LogP) is -2.42. The molecular weight excluding hydrogens is 1280 g/mol. The predicted molar refractivity (Wildman–Crippen MR) is 350 cm³/mol. The number of aromatic nitrogens is 2. The molecule has 5 rings (SSSR count). The van der Waals surface area contributed by atoms with Gasteiger partial charge in [0.05, 0.1) is 44.1 Å². The Morgan fingerprint density at radius 3 is 1.42 bits per heavy atom. The van der Waals surface area contributed by atoms with Gasteiger partial charge in [-0.1, -0.05) is 109 Å². The van der Waals surface area contributed by atoms with Gasteiger partial charge in [0.25, 0.3) is 0 Å². The number of aliphatic carboxylic acids is 3. The molecule has 526 valence electrons. The van der Waals surface area contributed by atoms with E-state index in [2.05, 4.69) is 63.1 Å². The Hall–Kier alpha value is -11.0. The van der Waals surface area contributed by atoms with Gasteiger partial charge in [-0.05, 0) is 81.3 Å². The second kappa shape index (κ2) is 36.2. The number of aromatic amines is 1. The summed E-state index contributed by atoms with van der Waals surface area (Å²) >= 11 is 0. The van der Waals surface area contributed by atoms with Gasteiger partial charge in [-0.15, -0.1) is 0 Å². The van der Waals surface area contributed by atoms with Crippen LogP contribution in [0.1, 0.15) is 77.6 Å². The second-order valence-corrected chi connectivity index (χ2v) is 24.2. The number of carboxylic acids is 3. The minimum Gasteiger partial charge on any atom is -0.481 e. The van der Waals surface area contributed by atoms with Gasteiger partial charge in [-0.2, -0.15) is 0 Å². The molecule has 0 radical (unpaired) electrons. The molecule has 1 aromatic heterocycles. The van der Waals surface area contributed by atoms with Crippen molar-refractivity contribution in [3.63, 3.8) is 0 Å². The summed E-state index contributed by atoms with van der Waals surface area (Å²) in [7, 11) is 0. The number of nitrogens with one attached hydrogen (secondary N) is 11. The maximum atomic E-state index is 14.2. The van der Waals surface area contributed by atoms with Crippen molar-refractivity contribution in [1.29, 1.82) is 0 Å². The van der Waals surface area contributed by atoms with E-state index in [0.29, 0.717) is 16.8 Å². The zero-order valence-corrected chi connectivity index (χ0v) is 54.5. The van der Waals surface area contributed by atoms with E-state index in [1.54, 1.807) is 48.5 Å². The van der Waals surface area contributed by atoms with Crippen LogP contribution >= 0.6 is 0 Å². The molecule has 32 heteroatoms. The first-order valence-corrected chi connectivity index (χ1v) is 30.9. The number of hydrogen-bond acceptors (Lipinski definition) is 18. The van der Waals surface area contributed by atoms with Gasteiger partial charge in [0.2, 0.25) is 59.1 Å². The van der Waals surface area contributed by atoms with E-state index < -0.39 is 181 Å². The molecule has 0 aliphatic carbocycles. The molecule has 10 amide bonds. The summed E-state index contributed by atoms with van der Waals surface area (Å²) in [6.45, 7) is 4.74. The number of imidazole rings is 1. The lowest BCUT2D eigenvalue weighted by Gasteiger charge is -2.31. The zero-order valence-electron chi connectivity index (χ0n) is 54.5. The third kappa shape index (κ3) is 24.0. The average molecular weight is 1360 g/mol. The van der Waals surface area contributed by atoms with Gasteiger partial charge in [-0.25, -0.2) is 9.78 Å². The van der Waals surface area contributed by atoms with Gasteiger partial charge in [0.1, 0.15) is 53.4 Å². The molecule has 32 nitrogen and oxygen atoms in total. The molecule has 10 atom stereocenters. The van der Waals surface area contributed by atoms with Crippen LogP contribution in [0.15, 0.2) is 122 Å². The lowest BCUT2D eigenvalue weighted by atomic mass is 9.98. The minimum absolute atomic E-state index is 0.0266. The summed E-state index contributed by atoms with van der Waals surface area (Å²) in [6.07, 6.45) is -3.43. The number of rotatable bonds is 37. The van der Waals surface area contributed by atoms with Crippen LogP contribution in [0.4, 0.5) is 0 Å². The summed E-state index contributed by atoms with van der Waals surface area (Å²) in [5.74, 6) is -15.8. The van der Waals surface area contributed by atoms with Gasteiger partial charge >= 0.3 is 17.9 Å². The number of carbonyl (C=O) groups is 13. The Morgan fingerprint density at radius 1 is 0.490 bits per heavy atom. The summed E-state index contributed by atoms with van der Waals surface area (Å²) in [5, 5.41) is 84.1. The number of aliphatic hydroxyl groups is 3. The van der Waals surface area contributed by atoms with E-state index >= 15 is 0 Å². The number of carbonyl (C=O) groups excluding carboxylic acids is 10. The first-order chi connectivity index (χ1) is 46.2. The number of benzene rings is 4. The summed E-state index contributed by atoms with van der Waals surface area (Å²) in [6, 6.07) is 18.5. The number of nitrogens with two attached hydrogens (primary N) is 1. The SMILES string of the molecule is C[C@@H](O)[C@H](NC(=O)CNC(=O)[C@H](CCC(=O)O)NC(=O)C(C)(C)NC(=O)[C@@H](N)Cc1cnc[nH]1)C(=O)NC(C)(C)C(=O)N[C@H](C(=O)N[C@@H](CO)C(=O)N[C@@H](CC(=O)O)C(=O)N[C@@H](Cc1ccc(-c2ccccc2)cc1)C(=O)N[C@@H](Cc1ccc(-c2ccccc2)cc1)C(=O)O)[C@@H](C)O. The molecule has 0 saturated carbocycles. The Kier molecular flexibility index (Phi) is 28.7. The highest BCUT2D eigenvalue weighted by molar-refractivity contribution is 6.00. The summed E-state index contributed by atoms with van der Waals surface area (Å²) in [4.78, 5) is 179. The maximum absolute atomic E-state index is 14.2. The third-order valence-electron chi connectivity index (χ3n) is 15.2. The van der Waals surface area contributed by atoms with Crippen LogP contribution in [0.2, 0.25) is 0 Å². The summed E-state index contributed by atoms with van der Waals surface area (Å²) in [5.41, 5.74) is 7.11. The molecule has 0 aliphatic rings. The Bertz CT molecular complexity index is 3610. The highest BCUT2D eigenvalue weighted by Crippen LogP contribution is 2.22. The number of H-pyrrole nitrogens is 1. The van der Waals surface area contributed by atoms with Gasteiger partial charge in [0, 0.05) is 37.6 Å². The number of carboxylic acid groups (broad SMARTS) is 3. The van der Waals surface area contributed by atoms with Gasteiger partial charge in [0.15, 0.2) is 0 Å². The second-order valence-electron chi connectivity index (χ2n) is 24.2. The van der Waals surface area contributed by atoms with Gasteiger partial charge in [-0.3, -0.25) is 57.5 Å². The van der Waals surface area contributed by atoms with Crippen molar-refractivity contribution < 1.29 is 93.0 Å². The van der Waals surface area contributed by atoms with Crippen LogP contribution in [0, 0.1) is 0 Å². The molecule has 0 unspecified atom stereocenters. The molecule has 0 fully saturated rings. The normalized spacial score (nSPS) is 14.4. The van der Waals surface area contributed by atoms with E-state index in [9.17, 15) is 93.0 Å². The molecule has 0 aliphatic heterocycles. The first-order valence-electron chi connectivity index (χ1n) is 30.9. The fourth-order valence-corrected chi connectivity index (χ4v) is 9.61. The van der Waals surface area contributed by atoms with Crippen molar-refractivity contribution in [3.8, 4) is 22.3 Å². The van der Waals surface area contributed by atoms with Crippen molar-refractivity contribution in [3.05, 3.63) is 139 Å². The highest BCUT2D eigenvalue weighted by atomic mass is 16.4. The van der Waals surface area contributed by atoms with Crippen LogP contribution in [0.5, 0.6) is 0 Å². The smallest absolute Gasteiger partial charge is 0.326 e. The molecule has 0 saturated heterocycles. The van der Waals surface area contributed by atoms with Gasteiger partial charge < -0.3 is 94.5 Å². The van der Waals surface area contributed by atoms with Crippen LogP contribution in [0.3, 0.4) is 0 Å². The van der Waals surface area contributed by atoms with Crippen molar-refractivity contribution in [2.75, 3.05) is 13.2 Å². The average Bonchev–Trinajstić information content (AvgIpc) is 0.891. The van der Waals surface area contributed by atoms with E-state index in [1.807, 2.05) is 60.7 Å². The molecule has 4 aromatic carbocycles. The van der Waals surface area contributed by atoms with Crippen molar-refractivity contribution in [2.45, 2.75) is 152 Å². The molecule has 98 heavy (non-hydrogen) atoms. The molecule has 1 heterocycles. The Labute approximate surface area is 562 Å². The minimum atomic E-state index is -2.08. The number of amides is 10. The quantitative estimate of drug-likeness (QED) is 0.0197.